The van der Waals surface area contributed by atoms with Crippen LogP contribution in [0.2, 0.25) is 0 Å². The van der Waals surface area contributed by atoms with E-state index in [1.807, 2.05) is 6.07 Å². The van der Waals surface area contributed by atoms with E-state index in [1.165, 1.54) is 0 Å². The number of aliphatic hydroxyl groups excluding tert-OH is 1. The topological polar surface area (TPSA) is 78.4 Å². The van der Waals surface area contributed by atoms with Gasteiger partial charge in [0.2, 0.25) is 0 Å². The molecule has 1 saturated carbocycles. The van der Waals surface area contributed by atoms with Gasteiger partial charge in [0.25, 0.3) is 0 Å². The molecule has 1 aromatic carbocycles. The number of carbonyl (C=O) groups is 2. The van der Waals surface area contributed by atoms with E-state index in [1.54, 1.807) is 31.2 Å². The molecule has 5 heteroatoms. The molecule has 5 nitrogen and oxygen atoms in total. The van der Waals surface area contributed by atoms with Crippen LogP contribution in [-0.4, -0.2) is 29.1 Å². The summed E-state index contributed by atoms with van der Waals surface area (Å²) in [6, 6.07) is 8.78. The van der Waals surface area contributed by atoms with Crippen molar-refractivity contribution in [2.45, 2.75) is 25.3 Å². The van der Waals surface area contributed by atoms with Crippen LogP contribution in [0.15, 0.2) is 30.3 Å². The Morgan fingerprint density at radius 3 is 2.42 bits per heavy atom. The number of nitrogens with one attached hydrogen (secondary N) is 2. The first-order valence-corrected chi connectivity index (χ1v) is 6.34. The molecule has 0 bridgehead atoms. The van der Waals surface area contributed by atoms with Crippen LogP contribution in [0.5, 0.6) is 0 Å². The van der Waals surface area contributed by atoms with Crippen LogP contribution in [0.4, 0.5) is 5.69 Å². The average Bonchev–Trinajstić information content (AvgIpc) is 3.24. The number of anilines is 1. The molecule has 3 N–H and O–H groups in total. The number of amides is 2. The van der Waals surface area contributed by atoms with Crippen LogP contribution in [0, 0.1) is 5.92 Å². The molecule has 0 radical (unpaired) electrons. The monoisotopic (exact) mass is 262 g/mol. The quantitative estimate of drug-likeness (QED) is 0.705. The molecular weight excluding hydrogens is 244 g/mol. The maximum atomic E-state index is 11.8. The molecule has 19 heavy (non-hydrogen) atoms. The Hall–Kier alpha value is -1.88. The standard InChI is InChI=1S/C14H18N2O3/c1-14(9-17,10-7-8-10)16-13(19)12(18)15-11-5-3-2-4-6-11/h2-6,10,17H,7-9H2,1H3,(H,15,18)(H,16,19). The SMILES string of the molecule is CC(CO)(NC(=O)C(=O)Nc1ccccc1)C1CC1. The van der Waals surface area contributed by atoms with Gasteiger partial charge in [-0.2, -0.15) is 0 Å². The summed E-state index contributed by atoms with van der Waals surface area (Å²) in [6.45, 7) is 1.60. The highest BCUT2D eigenvalue weighted by Gasteiger charge is 2.42. The maximum Gasteiger partial charge on any atom is 0.313 e. The molecule has 0 aliphatic heterocycles. The number of hydrogen-bond acceptors (Lipinski definition) is 3. The summed E-state index contributed by atoms with van der Waals surface area (Å²) in [7, 11) is 0. The van der Waals surface area contributed by atoms with Gasteiger partial charge in [0.1, 0.15) is 0 Å². The zero-order valence-electron chi connectivity index (χ0n) is 10.8. The highest BCUT2D eigenvalue weighted by molar-refractivity contribution is 6.39. The zero-order chi connectivity index (χ0) is 13.9. The van der Waals surface area contributed by atoms with E-state index >= 15 is 0 Å². The van der Waals surface area contributed by atoms with Gasteiger partial charge in [-0.1, -0.05) is 18.2 Å². The predicted octanol–water partition coefficient (Wildman–Crippen LogP) is 0.902. The first kappa shape index (κ1) is 13.5. The van der Waals surface area contributed by atoms with Crippen molar-refractivity contribution in [1.29, 1.82) is 0 Å². The number of carbonyl (C=O) groups excluding carboxylic acids is 2. The van der Waals surface area contributed by atoms with Crippen LogP contribution in [-0.2, 0) is 9.59 Å². The molecule has 0 saturated heterocycles. The van der Waals surface area contributed by atoms with Crippen LogP contribution in [0.25, 0.3) is 0 Å². The van der Waals surface area contributed by atoms with Crippen molar-refractivity contribution in [3.63, 3.8) is 0 Å². The molecule has 102 valence electrons. The zero-order valence-corrected chi connectivity index (χ0v) is 10.8. The summed E-state index contributed by atoms with van der Waals surface area (Å²) in [5, 5.41) is 14.5. The lowest BCUT2D eigenvalue weighted by atomic mass is 9.97. The van der Waals surface area contributed by atoms with E-state index in [0.29, 0.717) is 5.69 Å². The Labute approximate surface area is 112 Å². The second-order valence-electron chi connectivity index (χ2n) is 5.12. The number of aliphatic hydroxyl groups is 1. The Balaban J connectivity index is 1.94. The summed E-state index contributed by atoms with van der Waals surface area (Å²) in [5.74, 6) is -1.18. The van der Waals surface area contributed by atoms with Gasteiger partial charge < -0.3 is 15.7 Å². The maximum absolute atomic E-state index is 11.8. The normalized spacial score (nSPS) is 17.4. The van der Waals surface area contributed by atoms with Gasteiger partial charge in [0, 0.05) is 5.69 Å². The molecule has 2 rings (SSSR count). The van der Waals surface area contributed by atoms with Crippen molar-refractivity contribution >= 4 is 17.5 Å². The third-order valence-corrected chi connectivity index (χ3v) is 3.44. The lowest BCUT2D eigenvalue weighted by Gasteiger charge is -2.28. The third-order valence-electron chi connectivity index (χ3n) is 3.44. The van der Waals surface area contributed by atoms with Gasteiger partial charge in [-0.15, -0.1) is 0 Å². The van der Waals surface area contributed by atoms with Gasteiger partial charge in [0.15, 0.2) is 0 Å². The van der Waals surface area contributed by atoms with E-state index < -0.39 is 17.4 Å². The Kier molecular flexibility index (Phi) is 3.85. The summed E-state index contributed by atoms with van der Waals surface area (Å²) in [5.41, 5.74) is -0.134. The first-order chi connectivity index (χ1) is 9.05. The highest BCUT2D eigenvalue weighted by Crippen LogP contribution is 2.39. The minimum Gasteiger partial charge on any atom is -0.394 e. The van der Waals surface area contributed by atoms with Gasteiger partial charge in [0.05, 0.1) is 12.1 Å². The number of hydrogen-bond donors (Lipinski definition) is 3. The van der Waals surface area contributed by atoms with E-state index in [2.05, 4.69) is 10.6 Å². The largest absolute Gasteiger partial charge is 0.394 e. The van der Waals surface area contributed by atoms with Crippen molar-refractivity contribution < 1.29 is 14.7 Å². The molecule has 1 aliphatic rings. The molecule has 1 fully saturated rings. The summed E-state index contributed by atoms with van der Waals surface area (Å²) in [6.07, 6.45) is 1.94. The van der Waals surface area contributed by atoms with Crippen LogP contribution in [0.1, 0.15) is 19.8 Å². The van der Waals surface area contributed by atoms with E-state index in [9.17, 15) is 14.7 Å². The average molecular weight is 262 g/mol. The predicted molar refractivity (Wildman–Crippen MR) is 71.4 cm³/mol. The molecular formula is C14H18N2O3. The van der Waals surface area contributed by atoms with Gasteiger partial charge in [-0.25, -0.2) is 0 Å². The lowest BCUT2D eigenvalue weighted by Crippen LogP contribution is -2.53. The van der Waals surface area contributed by atoms with Crippen molar-refractivity contribution in [2.24, 2.45) is 5.92 Å². The minimum absolute atomic E-state index is 0.165. The van der Waals surface area contributed by atoms with Crippen molar-refractivity contribution in [2.75, 3.05) is 11.9 Å². The number of para-hydroxylation sites is 1. The van der Waals surface area contributed by atoms with Crippen LogP contribution >= 0.6 is 0 Å². The van der Waals surface area contributed by atoms with Gasteiger partial charge in [-0.3, -0.25) is 9.59 Å². The molecule has 0 heterocycles. The molecule has 0 spiro atoms. The van der Waals surface area contributed by atoms with E-state index in [0.717, 1.165) is 12.8 Å². The molecule has 1 aromatic rings. The van der Waals surface area contributed by atoms with E-state index in [-0.39, 0.29) is 12.5 Å². The smallest absolute Gasteiger partial charge is 0.313 e. The Bertz CT molecular complexity index is 471. The fourth-order valence-electron chi connectivity index (χ4n) is 2.02. The van der Waals surface area contributed by atoms with Crippen molar-refractivity contribution in [3.8, 4) is 0 Å². The van der Waals surface area contributed by atoms with Crippen molar-refractivity contribution in [1.82, 2.24) is 5.32 Å². The molecule has 0 aromatic heterocycles. The molecule has 1 unspecified atom stereocenters. The number of rotatable bonds is 4. The van der Waals surface area contributed by atoms with E-state index in [4.69, 9.17) is 0 Å². The van der Waals surface area contributed by atoms with Gasteiger partial charge >= 0.3 is 11.8 Å². The van der Waals surface area contributed by atoms with Crippen LogP contribution < -0.4 is 10.6 Å². The molecule has 1 atom stereocenters. The van der Waals surface area contributed by atoms with Gasteiger partial charge in [-0.05, 0) is 37.8 Å². The fourth-order valence-corrected chi connectivity index (χ4v) is 2.02. The summed E-state index contributed by atoms with van der Waals surface area (Å²) >= 11 is 0. The third kappa shape index (κ3) is 3.32. The fraction of sp³-hybridized carbons (Fsp3) is 0.429. The summed E-state index contributed by atoms with van der Waals surface area (Å²) in [4.78, 5) is 23.6. The minimum atomic E-state index is -0.716. The second-order valence-corrected chi connectivity index (χ2v) is 5.12. The Morgan fingerprint density at radius 2 is 1.89 bits per heavy atom. The highest BCUT2D eigenvalue weighted by atomic mass is 16.3. The molecule has 2 amide bonds. The summed E-state index contributed by atoms with van der Waals surface area (Å²) < 4.78 is 0. The second kappa shape index (κ2) is 5.40. The van der Waals surface area contributed by atoms with Crippen LogP contribution in [0.3, 0.4) is 0 Å². The lowest BCUT2D eigenvalue weighted by molar-refractivity contribution is -0.137. The molecule has 1 aliphatic carbocycles. The van der Waals surface area contributed by atoms with Crippen molar-refractivity contribution in [3.05, 3.63) is 30.3 Å². The Morgan fingerprint density at radius 1 is 1.26 bits per heavy atom. The number of benzene rings is 1. The first-order valence-electron chi connectivity index (χ1n) is 6.34.